The molecule has 2 atom stereocenters. The summed E-state index contributed by atoms with van der Waals surface area (Å²) in [6.07, 6.45) is -0.668. The first-order valence-corrected chi connectivity index (χ1v) is 11.0. The van der Waals surface area contributed by atoms with E-state index in [4.69, 9.17) is 9.47 Å². The van der Waals surface area contributed by atoms with Crippen LogP contribution in [0.15, 0.2) is 42.5 Å². The molecule has 3 amide bonds. The van der Waals surface area contributed by atoms with E-state index in [-0.39, 0.29) is 24.8 Å². The Kier molecular flexibility index (Phi) is 5.84. The summed E-state index contributed by atoms with van der Waals surface area (Å²) in [5.74, 6) is -0.541. The van der Waals surface area contributed by atoms with Gasteiger partial charge in [-0.2, -0.15) is 0 Å². The van der Waals surface area contributed by atoms with Gasteiger partial charge >= 0.3 is 0 Å². The number of aliphatic hydroxyl groups excluding tert-OH is 1. The van der Waals surface area contributed by atoms with Gasteiger partial charge in [0.1, 0.15) is 6.04 Å². The molecule has 5 rings (SSSR count). The van der Waals surface area contributed by atoms with E-state index in [1.54, 1.807) is 6.07 Å². The van der Waals surface area contributed by atoms with Crippen LogP contribution in [-0.2, 0) is 32.2 Å². The third kappa shape index (κ3) is 4.47. The number of nitrogens with zero attached hydrogens (tertiary/aromatic N) is 1. The fraction of sp³-hybridized carbons (Fsp3) is 0.375. The van der Waals surface area contributed by atoms with E-state index < -0.39 is 18.4 Å². The maximum absolute atomic E-state index is 12.9. The minimum Gasteiger partial charge on any atom is -0.380 e. The number of carbonyl (C=O) groups is 3. The third-order valence-electron chi connectivity index (χ3n) is 6.31. The van der Waals surface area contributed by atoms with Crippen molar-refractivity contribution >= 4 is 23.4 Å². The van der Waals surface area contributed by atoms with Crippen LogP contribution in [0.1, 0.15) is 45.8 Å². The topological polar surface area (TPSA) is 117 Å². The Balaban J connectivity index is 1.17. The van der Waals surface area contributed by atoms with Crippen LogP contribution in [0.25, 0.3) is 0 Å². The van der Waals surface area contributed by atoms with Crippen molar-refractivity contribution in [3.05, 3.63) is 64.7 Å². The molecular weight excluding hydrogens is 426 g/mol. The van der Waals surface area contributed by atoms with Gasteiger partial charge in [0, 0.05) is 30.1 Å². The van der Waals surface area contributed by atoms with Crippen molar-refractivity contribution in [1.82, 2.24) is 10.2 Å². The zero-order valence-corrected chi connectivity index (χ0v) is 18.0. The molecule has 2 saturated heterocycles. The van der Waals surface area contributed by atoms with Crippen LogP contribution in [0.5, 0.6) is 0 Å². The van der Waals surface area contributed by atoms with Gasteiger partial charge in [-0.3, -0.25) is 19.7 Å². The van der Waals surface area contributed by atoms with Crippen LogP contribution in [0.3, 0.4) is 0 Å². The standard InChI is InChI=1S/C24H25N3O6/c28-21-8-7-20(22(29)26-21)27-10-16-2-1-14(9-19(16)23(27)30)11-33-24(31)25-18-5-3-15(4-6-18)17-12-32-13-17/h1-6,9,17,20,24-25,31H,7-8,10-13H2,(H,26,28,29). The normalized spacial score (nSPS) is 21.4. The molecule has 2 unspecified atom stereocenters. The number of amides is 3. The number of hydrogen-bond donors (Lipinski definition) is 3. The molecule has 9 heteroatoms. The SMILES string of the molecule is O=C1CCC(N2Cc3ccc(COC(O)Nc4ccc(C5COC5)cc4)cc3C2=O)C(=O)N1. The van der Waals surface area contributed by atoms with Gasteiger partial charge in [0.05, 0.1) is 19.8 Å². The lowest BCUT2D eigenvalue weighted by Gasteiger charge is -2.29. The second-order valence-corrected chi connectivity index (χ2v) is 8.56. The number of ether oxygens (including phenoxy) is 2. The number of fused-ring (bicyclic) bond motifs is 1. The van der Waals surface area contributed by atoms with E-state index in [0.29, 0.717) is 24.4 Å². The van der Waals surface area contributed by atoms with Crippen molar-refractivity contribution in [3.63, 3.8) is 0 Å². The van der Waals surface area contributed by atoms with Crippen molar-refractivity contribution in [2.24, 2.45) is 0 Å². The summed E-state index contributed by atoms with van der Waals surface area (Å²) in [5.41, 5.74) is 4.00. The number of hydrogen-bond acceptors (Lipinski definition) is 7. The lowest BCUT2D eigenvalue weighted by atomic mass is 9.97. The Hall–Kier alpha value is -3.27. The van der Waals surface area contributed by atoms with Gasteiger partial charge in [-0.25, -0.2) is 0 Å². The summed E-state index contributed by atoms with van der Waals surface area (Å²) < 4.78 is 10.7. The molecule has 0 aromatic heterocycles. The zero-order chi connectivity index (χ0) is 22.9. The van der Waals surface area contributed by atoms with E-state index in [1.165, 1.54) is 10.5 Å². The van der Waals surface area contributed by atoms with Crippen LogP contribution in [0.4, 0.5) is 5.69 Å². The van der Waals surface area contributed by atoms with Crippen LogP contribution in [-0.4, -0.2) is 53.4 Å². The predicted molar refractivity (Wildman–Crippen MR) is 117 cm³/mol. The van der Waals surface area contributed by atoms with Gasteiger partial charge in [-0.1, -0.05) is 24.3 Å². The van der Waals surface area contributed by atoms with Crippen molar-refractivity contribution in [1.29, 1.82) is 0 Å². The molecule has 33 heavy (non-hydrogen) atoms. The van der Waals surface area contributed by atoms with E-state index >= 15 is 0 Å². The summed E-state index contributed by atoms with van der Waals surface area (Å²) in [6.45, 7) is 1.92. The van der Waals surface area contributed by atoms with Crippen LogP contribution in [0.2, 0.25) is 0 Å². The van der Waals surface area contributed by atoms with Crippen molar-refractivity contribution < 1.29 is 29.0 Å². The maximum atomic E-state index is 12.9. The first-order valence-electron chi connectivity index (χ1n) is 11.0. The highest BCUT2D eigenvalue weighted by atomic mass is 16.6. The average Bonchev–Trinajstić information content (AvgIpc) is 3.08. The van der Waals surface area contributed by atoms with Crippen LogP contribution in [0, 0.1) is 0 Å². The molecule has 0 saturated carbocycles. The monoisotopic (exact) mass is 451 g/mol. The first-order chi connectivity index (χ1) is 16.0. The first kappa shape index (κ1) is 21.6. The smallest absolute Gasteiger partial charge is 0.255 e. The van der Waals surface area contributed by atoms with Crippen molar-refractivity contribution in [2.75, 3.05) is 18.5 Å². The Morgan fingerprint density at radius 3 is 2.64 bits per heavy atom. The quantitative estimate of drug-likeness (QED) is 0.431. The Labute approximate surface area is 190 Å². The number of benzene rings is 2. The molecule has 172 valence electrons. The molecule has 3 heterocycles. The molecule has 0 aliphatic carbocycles. The van der Waals surface area contributed by atoms with Gasteiger partial charge in [-0.05, 0) is 41.3 Å². The number of carbonyl (C=O) groups excluding carboxylic acids is 3. The highest BCUT2D eigenvalue weighted by Gasteiger charge is 2.39. The molecule has 3 aliphatic heterocycles. The second-order valence-electron chi connectivity index (χ2n) is 8.56. The number of aliphatic hydroxyl groups is 1. The average molecular weight is 451 g/mol. The van der Waals surface area contributed by atoms with E-state index in [1.807, 2.05) is 36.4 Å². The minimum atomic E-state index is -1.22. The lowest BCUT2D eigenvalue weighted by molar-refractivity contribution is -0.136. The van der Waals surface area contributed by atoms with Crippen molar-refractivity contribution in [2.45, 2.75) is 44.4 Å². The number of piperidine rings is 1. The van der Waals surface area contributed by atoms with Crippen LogP contribution < -0.4 is 10.6 Å². The van der Waals surface area contributed by atoms with E-state index in [9.17, 15) is 19.5 Å². The van der Waals surface area contributed by atoms with Gasteiger partial charge in [-0.15, -0.1) is 0 Å². The Morgan fingerprint density at radius 1 is 1.15 bits per heavy atom. The summed E-state index contributed by atoms with van der Waals surface area (Å²) >= 11 is 0. The molecule has 2 aromatic carbocycles. The number of nitrogens with one attached hydrogen (secondary N) is 2. The molecular formula is C24H25N3O6. The van der Waals surface area contributed by atoms with Crippen LogP contribution >= 0.6 is 0 Å². The van der Waals surface area contributed by atoms with Gasteiger partial charge in [0.15, 0.2) is 0 Å². The molecule has 0 radical (unpaired) electrons. The van der Waals surface area contributed by atoms with Gasteiger partial charge < -0.3 is 24.8 Å². The Morgan fingerprint density at radius 2 is 1.94 bits per heavy atom. The second kappa shape index (κ2) is 8.93. The fourth-order valence-corrected chi connectivity index (χ4v) is 4.33. The molecule has 0 spiro atoms. The lowest BCUT2D eigenvalue weighted by Crippen LogP contribution is -2.52. The molecule has 9 nitrogen and oxygen atoms in total. The van der Waals surface area contributed by atoms with E-state index in [0.717, 1.165) is 30.0 Å². The highest BCUT2D eigenvalue weighted by Crippen LogP contribution is 2.29. The van der Waals surface area contributed by atoms with Crippen molar-refractivity contribution in [3.8, 4) is 0 Å². The molecule has 0 bridgehead atoms. The number of imide groups is 1. The maximum Gasteiger partial charge on any atom is 0.255 e. The molecule has 3 aliphatic rings. The summed E-state index contributed by atoms with van der Waals surface area (Å²) in [4.78, 5) is 38.0. The molecule has 2 fully saturated rings. The molecule has 3 N–H and O–H groups in total. The minimum absolute atomic E-state index is 0.102. The van der Waals surface area contributed by atoms with Gasteiger partial charge in [0.2, 0.25) is 18.2 Å². The molecule has 2 aromatic rings. The number of anilines is 1. The summed E-state index contributed by atoms with van der Waals surface area (Å²) in [5, 5.41) is 15.4. The van der Waals surface area contributed by atoms with E-state index in [2.05, 4.69) is 10.6 Å². The predicted octanol–water partition coefficient (Wildman–Crippen LogP) is 1.47. The third-order valence-corrected chi connectivity index (χ3v) is 6.31. The Bertz CT molecular complexity index is 1080. The van der Waals surface area contributed by atoms with Gasteiger partial charge in [0.25, 0.3) is 5.91 Å². The summed E-state index contributed by atoms with van der Waals surface area (Å²) in [6, 6.07) is 12.5. The largest absolute Gasteiger partial charge is 0.380 e. The fourth-order valence-electron chi connectivity index (χ4n) is 4.33. The zero-order valence-electron chi connectivity index (χ0n) is 18.0. The number of rotatable bonds is 7. The highest BCUT2D eigenvalue weighted by molar-refractivity contribution is 6.05. The summed E-state index contributed by atoms with van der Waals surface area (Å²) in [7, 11) is 0.